The van der Waals surface area contributed by atoms with Gasteiger partial charge in [0.15, 0.2) is 0 Å². The van der Waals surface area contributed by atoms with Crippen molar-refractivity contribution in [2.75, 3.05) is 25.0 Å². The third-order valence-electron chi connectivity index (χ3n) is 4.46. The summed E-state index contributed by atoms with van der Waals surface area (Å²) in [4.78, 5) is 12.3. The minimum Gasteiger partial charge on any atom is -0.492 e. The smallest absolute Gasteiger partial charge is 0.246 e. The minimum absolute atomic E-state index is 0.0192. The molecule has 8 heteroatoms. The monoisotopic (exact) mass is 383 g/mol. The van der Waals surface area contributed by atoms with E-state index in [0.717, 1.165) is 19.3 Å². The molecule has 1 aromatic rings. The fourth-order valence-corrected chi connectivity index (χ4v) is 4.51. The zero-order valence-corrected chi connectivity index (χ0v) is 16.5. The van der Waals surface area contributed by atoms with E-state index in [-0.39, 0.29) is 16.7 Å². The lowest BCUT2D eigenvalue weighted by Gasteiger charge is -2.27. The highest BCUT2D eigenvalue weighted by Gasteiger charge is 2.29. The van der Waals surface area contributed by atoms with Gasteiger partial charge in [-0.1, -0.05) is 20.3 Å². The second kappa shape index (κ2) is 8.83. The topological polar surface area (TPSA) is 102 Å². The standard InChI is InChI=1S/C18H29N3O4S/c1-4-25-15-9-8-14(20-18(22)17(19)13(2)3)12-16(15)26(23,24)21-10-6-5-7-11-21/h8-9,12-13,17H,4-7,10-11,19H2,1-3H3,(H,20,22). The van der Waals surface area contributed by atoms with Crippen LogP contribution >= 0.6 is 0 Å². The van der Waals surface area contributed by atoms with Gasteiger partial charge in [-0.15, -0.1) is 0 Å². The number of nitrogens with two attached hydrogens (primary N) is 1. The van der Waals surface area contributed by atoms with Crippen molar-refractivity contribution >= 4 is 21.6 Å². The fraction of sp³-hybridized carbons (Fsp3) is 0.611. The number of amides is 1. The normalized spacial score (nSPS) is 17.1. The maximum Gasteiger partial charge on any atom is 0.246 e. The Labute approximate surface area is 155 Å². The van der Waals surface area contributed by atoms with Gasteiger partial charge in [0, 0.05) is 18.8 Å². The van der Waals surface area contributed by atoms with E-state index in [9.17, 15) is 13.2 Å². The van der Waals surface area contributed by atoms with Crippen LogP contribution in [0.3, 0.4) is 0 Å². The molecule has 1 heterocycles. The van der Waals surface area contributed by atoms with Crippen LogP contribution in [-0.4, -0.2) is 44.4 Å². The number of nitrogens with one attached hydrogen (secondary N) is 1. The molecule has 0 radical (unpaired) electrons. The average Bonchev–Trinajstić information content (AvgIpc) is 2.63. The van der Waals surface area contributed by atoms with Crippen molar-refractivity contribution in [3.05, 3.63) is 18.2 Å². The van der Waals surface area contributed by atoms with Crippen LogP contribution in [0.4, 0.5) is 5.69 Å². The second-order valence-electron chi connectivity index (χ2n) is 6.82. The summed E-state index contributed by atoms with van der Waals surface area (Å²) in [7, 11) is -3.68. The van der Waals surface area contributed by atoms with E-state index in [4.69, 9.17) is 10.5 Å². The first-order valence-corrected chi connectivity index (χ1v) is 10.5. The van der Waals surface area contributed by atoms with E-state index >= 15 is 0 Å². The highest BCUT2D eigenvalue weighted by atomic mass is 32.2. The van der Waals surface area contributed by atoms with Gasteiger partial charge < -0.3 is 15.8 Å². The first-order chi connectivity index (χ1) is 12.3. The lowest BCUT2D eigenvalue weighted by atomic mass is 10.0. The Balaban J connectivity index is 2.34. The van der Waals surface area contributed by atoms with E-state index in [1.165, 1.54) is 10.4 Å². The molecule has 1 fully saturated rings. The predicted molar refractivity (Wildman–Crippen MR) is 102 cm³/mol. The van der Waals surface area contributed by atoms with Gasteiger partial charge in [-0.25, -0.2) is 8.42 Å². The zero-order valence-electron chi connectivity index (χ0n) is 15.7. The highest BCUT2D eigenvalue weighted by Crippen LogP contribution is 2.31. The molecule has 1 amide bonds. The van der Waals surface area contributed by atoms with Crippen molar-refractivity contribution in [1.29, 1.82) is 0 Å². The number of hydrogen-bond acceptors (Lipinski definition) is 5. The van der Waals surface area contributed by atoms with E-state index < -0.39 is 16.1 Å². The Kier molecular flexibility index (Phi) is 7.02. The quantitative estimate of drug-likeness (QED) is 0.751. The van der Waals surface area contributed by atoms with E-state index in [2.05, 4.69) is 5.32 Å². The molecule has 2 rings (SSSR count). The molecule has 1 unspecified atom stereocenters. The summed E-state index contributed by atoms with van der Waals surface area (Å²) in [6, 6.07) is 4.01. The van der Waals surface area contributed by atoms with Crippen LogP contribution in [0.25, 0.3) is 0 Å². The van der Waals surface area contributed by atoms with Gasteiger partial charge in [-0.3, -0.25) is 4.79 Å². The molecule has 3 N–H and O–H groups in total. The maximum absolute atomic E-state index is 13.1. The van der Waals surface area contributed by atoms with Crippen molar-refractivity contribution in [2.45, 2.75) is 51.0 Å². The summed E-state index contributed by atoms with van der Waals surface area (Å²) in [5.74, 6) is -0.0658. The van der Waals surface area contributed by atoms with Crippen LogP contribution in [0.15, 0.2) is 23.1 Å². The first-order valence-electron chi connectivity index (χ1n) is 9.10. The summed E-state index contributed by atoms with van der Waals surface area (Å²) in [5.41, 5.74) is 6.26. The van der Waals surface area contributed by atoms with Gasteiger partial charge in [0.05, 0.1) is 12.6 Å². The number of sulfonamides is 1. The third-order valence-corrected chi connectivity index (χ3v) is 6.38. The number of nitrogens with zero attached hydrogens (tertiary/aromatic N) is 1. The number of ether oxygens (including phenoxy) is 1. The van der Waals surface area contributed by atoms with Gasteiger partial charge in [-0.2, -0.15) is 4.31 Å². The van der Waals surface area contributed by atoms with Crippen molar-refractivity contribution in [3.63, 3.8) is 0 Å². The first kappa shape index (κ1) is 20.7. The SMILES string of the molecule is CCOc1ccc(NC(=O)C(N)C(C)C)cc1S(=O)(=O)N1CCCCC1. The number of benzene rings is 1. The average molecular weight is 384 g/mol. The molecule has 1 aliphatic rings. The van der Waals surface area contributed by atoms with Crippen LogP contribution in [0.2, 0.25) is 0 Å². The maximum atomic E-state index is 13.1. The summed E-state index contributed by atoms with van der Waals surface area (Å²) in [5, 5.41) is 2.71. The third kappa shape index (κ3) is 4.75. The Morgan fingerprint density at radius 2 is 1.92 bits per heavy atom. The molecular formula is C18H29N3O4S. The minimum atomic E-state index is -3.68. The number of carbonyl (C=O) groups is 1. The van der Waals surface area contributed by atoms with Gasteiger partial charge in [-0.05, 0) is 43.9 Å². The molecule has 0 aliphatic carbocycles. The van der Waals surface area contributed by atoms with Gasteiger partial charge in [0.2, 0.25) is 15.9 Å². The molecule has 146 valence electrons. The molecule has 1 atom stereocenters. The van der Waals surface area contributed by atoms with E-state index in [1.807, 2.05) is 13.8 Å². The van der Waals surface area contributed by atoms with Crippen LogP contribution in [0, 0.1) is 5.92 Å². The van der Waals surface area contributed by atoms with Crippen molar-refractivity contribution < 1.29 is 17.9 Å². The number of anilines is 1. The molecule has 1 aliphatic heterocycles. The molecule has 0 saturated carbocycles. The van der Waals surface area contributed by atoms with Crippen LogP contribution in [0.5, 0.6) is 5.75 Å². The molecule has 1 aromatic carbocycles. The lowest BCUT2D eigenvalue weighted by molar-refractivity contribution is -0.118. The number of carbonyl (C=O) groups excluding carboxylic acids is 1. The van der Waals surface area contributed by atoms with Crippen molar-refractivity contribution in [1.82, 2.24) is 4.31 Å². The molecular weight excluding hydrogens is 354 g/mol. The Morgan fingerprint density at radius 1 is 1.27 bits per heavy atom. The van der Waals surface area contributed by atoms with Crippen molar-refractivity contribution in [3.8, 4) is 5.75 Å². The van der Waals surface area contributed by atoms with E-state index in [1.54, 1.807) is 19.1 Å². The van der Waals surface area contributed by atoms with Crippen LogP contribution in [-0.2, 0) is 14.8 Å². The van der Waals surface area contributed by atoms with Crippen LogP contribution in [0.1, 0.15) is 40.0 Å². The second-order valence-corrected chi connectivity index (χ2v) is 8.72. The Hall–Kier alpha value is -1.64. The summed E-state index contributed by atoms with van der Waals surface area (Å²) in [6.07, 6.45) is 2.74. The number of piperidine rings is 1. The summed E-state index contributed by atoms with van der Waals surface area (Å²) in [6.45, 7) is 6.87. The van der Waals surface area contributed by atoms with E-state index in [0.29, 0.717) is 31.1 Å². The van der Waals surface area contributed by atoms with Gasteiger partial charge in [0.25, 0.3) is 0 Å². The summed E-state index contributed by atoms with van der Waals surface area (Å²) < 4.78 is 33.1. The molecule has 7 nitrogen and oxygen atoms in total. The molecule has 0 bridgehead atoms. The molecule has 0 spiro atoms. The molecule has 1 saturated heterocycles. The zero-order chi connectivity index (χ0) is 19.3. The molecule has 26 heavy (non-hydrogen) atoms. The summed E-state index contributed by atoms with van der Waals surface area (Å²) >= 11 is 0. The number of rotatable bonds is 7. The van der Waals surface area contributed by atoms with Crippen LogP contribution < -0.4 is 15.8 Å². The fourth-order valence-electron chi connectivity index (χ4n) is 2.83. The lowest BCUT2D eigenvalue weighted by Crippen LogP contribution is -2.39. The largest absolute Gasteiger partial charge is 0.492 e. The predicted octanol–water partition coefficient (Wildman–Crippen LogP) is 2.18. The number of hydrogen-bond donors (Lipinski definition) is 2. The Morgan fingerprint density at radius 3 is 2.50 bits per heavy atom. The highest BCUT2D eigenvalue weighted by molar-refractivity contribution is 7.89. The van der Waals surface area contributed by atoms with Gasteiger partial charge in [0.1, 0.15) is 10.6 Å². The Bertz CT molecular complexity index is 728. The van der Waals surface area contributed by atoms with Gasteiger partial charge >= 0.3 is 0 Å². The van der Waals surface area contributed by atoms with Crippen molar-refractivity contribution in [2.24, 2.45) is 11.7 Å². The molecule has 0 aromatic heterocycles.